The lowest BCUT2D eigenvalue weighted by molar-refractivity contribution is 0.102. The van der Waals surface area contributed by atoms with Crippen LogP contribution >= 0.6 is 23.8 Å². The molecule has 0 heterocycles. The van der Waals surface area contributed by atoms with Crippen molar-refractivity contribution in [2.24, 2.45) is 0 Å². The fourth-order valence-electron chi connectivity index (χ4n) is 2.87. The number of ether oxygens (including phenoxy) is 1. The van der Waals surface area contributed by atoms with E-state index in [1.807, 2.05) is 62.4 Å². The molecule has 0 bridgehead atoms. The van der Waals surface area contributed by atoms with Crippen molar-refractivity contribution in [2.45, 2.75) is 13.8 Å². The van der Waals surface area contributed by atoms with Crippen LogP contribution in [-0.2, 0) is 0 Å². The summed E-state index contributed by atoms with van der Waals surface area (Å²) in [5.74, 6) is 0.504. The number of rotatable bonds is 5. The number of carbonyl (C=O) groups excluding carboxylic acids is 1. The third kappa shape index (κ3) is 5.28. The Bertz CT molecular complexity index is 1080. The lowest BCUT2D eigenvalue weighted by Crippen LogP contribution is -2.19. The van der Waals surface area contributed by atoms with Gasteiger partial charge < -0.3 is 20.7 Å². The monoisotopic (exact) mass is 439 g/mol. The fourth-order valence-corrected chi connectivity index (χ4v) is 3.26. The molecule has 154 valence electrons. The van der Waals surface area contributed by atoms with E-state index < -0.39 is 0 Å². The molecular weight excluding hydrogens is 418 g/mol. The van der Waals surface area contributed by atoms with Gasteiger partial charge in [0.15, 0.2) is 5.11 Å². The molecule has 7 heteroatoms. The summed E-state index contributed by atoms with van der Waals surface area (Å²) in [6, 6.07) is 18.4. The van der Waals surface area contributed by atoms with Crippen molar-refractivity contribution in [3.05, 3.63) is 82.4 Å². The Kier molecular flexibility index (Phi) is 6.92. The van der Waals surface area contributed by atoms with Crippen LogP contribution in [-0.4, -0.2) is 18.1 Å². The molecule has 0 atom stereocenters. The first-order chi connectivity index (χ1) is 14.4. The van der Waals surface area contributed by atoms with E-state index in [4.69, 9.17) is 28.6 Å². The number of nitrogens with one attached hydrogen (secondary N) is 3. The Morgan fingerprint density at radius 2 is 1.53 bits per heavy atom. The number of anilines is 3. The van der Waals surface area contributed by atoms with Gasteiger partial charge in [-0.2, -0.15) is 0 Å². The topological polar surface area (TPSA) is 62.4 Å². The molecule has 0 aromatic heterocycles. The maximum atomic E-state index is 12.4. The van der Waals surface area contributed by atoms with Gasteiger partial charge in [-0.05, 0) is 79.7 Å². The number of thiocarbonyl (C=S) groups is 1. The highest BCUT2D eigenvalue weighted by atomic mass is 35.5. The van der Waals surface area contributed by atoms with Gasteiger partial charge in [-0.3, -0.25) is 4.79 Å². The molecule has 1 amide bonds. The maximum absolute atomic E-state index is 12.4. The third-order valence-electron chi connectivity index (χ3n) is 4.52. The summed E-state index contributed by atoms with van der Waals surface area (Å²) < 4.78 is 5.38. The number of benzene rings is 3. The molecule has 3 rings (SSSR count). The summed E-state index contributed by atoms with van der Waals surface area (Å²) in [7, 11) is 1.59. The average molecular weight is 440 g/mol. The Morgan fingerprint density at radius 1 is 0.900 bits per heavy atom. The van der Waals surface area contributed by atoms with E-state index in [0.29, 0.717) is 32.8 Å². The molecule has 0 aliphatic heterocycles. The lowest BCUT2D eigenvalue weighted by Gasteiger charge is -2.15. The van der Waals surface area contributed by atoms with Crippen LogP contribution in [0.3, 0.4) is 0 Å². The number of hydrogen-bond acceptors (Lipinski definition) is 3. The smallest absolute Gasteiger partial charge is 0.255 e. The second-order valence-electron chi connectivity index (χ2n) is 6.73. The lowest BCUT2D eigenvalue weighted by atomic mass is 10.1. The molecule has 0 aliphatic carbocycles. The SMILES string of the molecule is COc1cc(C)c(Cl)cc1NC(=S)Nc1ccc(NC(=O)c2ccccc2C)cc1. The van der Waals surface area contributed by atoms with Gasteiger partial charge in [0.1, 0.15) is 5.75 Å². The minimum Gasteiger partial charge on any atom is -0.495 e. The van der Waals surface area contributed by atoms with Gasteiger partial charge in [0.2, 0.25) is 0 Å². The largest absolute Gasteiger partial charge is 0.495 e. The second kappa shape index (κ2) is 9.61. The highest BCUT2D eigenvalue weighted by molar-refractivity contribution is 7.80. The summed E-state index contributed by atoms with van der Waals surface area (Å²) in [5, 5.41) is 10.1. The maximum Gasteiger partial charge on any atom is 0.255 e. The fraction of sp³-hybridized carbons (Fsp3) is 0.130. The van der Waals surface area contributed by atoms with E-state index in [1.165, 1.54) is 0 Å². The molecule has 0 saturated heterocycles. The molecule has 0 unspecified atom stereocenters. The van der Waals surface area contributed by atoms with Gasteiger partial charge in [0.05, 0.1) is 12.8 Å². The number of aryl methyl sites for hydroxylation is 2. The van der Waals surface area contributed by atoms with Crippen LogP contribution in [0.1, 0.15) is 21.5 Å². The van der Waals surface area contributed by atoms with Crippen LogP contribution in [0.2, 0.25) is 5.02 Å². The number of methoxy groups -OCH3 is 1. The van der Waals surface area contributed by atoms with Gasteiger partial charge in [-0.15, -0.1) is 0 Å². The van der Waals surface area contributed by atoms with Gasteiger partial charge in [0, 0.05) is 22.0 Å². The van der Waals surface area contributed by atoms with Crippen LogP contribution in [0.5, 0.6) is 5.75 Å². The number of amides is 1. The zero-order valence-corrected chi connectivity index (χ0v) is 18.4. The molecule has 0 radical (unpaired) electrons. The molecule has 0 aliphatic rings. The Labute approximate surface area is 186 Å². The van der Waals surface area contributed by atoms with Crippen LogP contribution in [0, 0.1) is 13.8 Å². The van der Waals surface area contributed by atoms with Crippen LogP contribution in [0.25, 0.3) is 0 Å². The first kappa shape index (κ1) is 21.6. The average Bonchev–Trinajstić information content (AvgIpc) is 2.72. The summed E-state index contributed by atoms with van der Waals surface area (Å²) in [6.07, 6.45) is 0. The van der Waals surface area contributed by atoms with Crippen LogP contribution in [0.15, 0.2) is 60.7 Å². The van der Waals surface area contributed by atoms with E-state index in [9.17, 15) is 4.79 Å². The summed E-state index contributed by atoms with van der Waals surface area (Å²) >= 11 is 11.6. The first-order valence-corrected chi connectivity index (χ1v) is 10.0. The standard InChI is InChI=1S/C23H22ClN3O2S/c1-14-6-4-5-7-18(14)22(28)25-16-8-10-17(11-9-16)26-23(30)27-20-13-19(24)15(2)12-21(20)29-3/h4-13H,1-3H3,(H,25,28)(H2,26,27,30). The first-order valence-electron chi connectivity index (χ1n) is 9.26. The van der Waals surface area contributed by atoms with E-state index in [1.54, 1.807) is 19.2 Å². The minimum atomic E-state index is -0.144. The van der Waals surface area contributed by atoms with E-state index in [0.717, 1.165) is 16.8 Å². The predicted octanol–water partition coefficient (Wildman–Crippen LogP) is 6.03. The molecule has 0 fully saturated rings. The van der Waals surface area contributed by atoms with E-state index in [-0.39, 0.29) is 5.91 Å². The van der Waals surface area contributed by atoms with Crippen molar-refractivity contribution in [3.8, 4) is 5.75 Å². The molecular formula is C23H22ClN3O2S. The van der Waals surface area contributed by atoms with Crippen LogP contribution in [0.4, 0.5) is 17.1 Å². The quantitative estimate of drug-likeness (QED) is 0.424. The van der Waals surface area contributed by atoms with Gasteiger partial charge in [0.25, 0.3) is 5.91 Å². The summed E-state index contributed by atoms with van der Waals surface area (Å²) in [5.41, 5.74) is 4.64. The molecule has 0 spiro atoms. The zero-order valence-electron chi connectivity index (χ0n) is 16.9. The third-order valence-corrected chi connectivity index (χ3v) is 5.13. The number of carbonyl (C=O) groups is 1. The number of hydrogen-bond donors (Lipinski definition) is 3. The Hall–Kier alpha value is -3.09. The van der Waals surface area contributed by atoms with Crippen molar-refractivity contribution in [2.75, 3.05) is 23.1 Å². The second-order valence-corrected chi connectivity index (χ2v) is 7.54. The van der Waals surface area contributed by atoms with E-state index >= 15 is 0 Å². The van der Waals surface area contributed by atoms with Gasteiger partial charge in [-0.25, -0.2) is 0 Å². The van der Waals surface area contributed by atoms with Crippen molar-refractivity contribution >= 4 is 51.9 Å². The highest BCUT2D eigenvalue weighted by Gasteiger charge is 2.10. The highest BCUT2D eigenvalue weighted by Crippen LogP contribution is 2.31. The van der Waals surface area contributed by atoms with Crippen molar-refractivity contribution in [1.29, 1.82) is 0 Å². The Morgan fingerprint density at radius 3 is 2.17 bits per heavy atom. The van der Waals surface area contributed by atoms with Crippen molar-refractivity contribution in [3.63, 3.8) is 0 Å². The van der Waals surface area contributed by atoms with E-state index in [2.05, 4.69) is 16.0 Å². The molecule has 3 aromatic carbocycles. The summed E-state index contributed by atoms with van der Waals surface area (Å²) in [6.45, 7) is 3.82. The van der Waals surface area contributed by atoms with Gasteiger partial charge >= 0.3 is 0 Å². The predicted molar refractivity (Wildman–Crippen MR) is 128 cm³/mol. The zero-order chi connectivity index (χ0) is 21.7. The van der Waals surface area contributed by atoms with Crippen LogP contribution < -0.4 is 20.7 Å². The van der Waals surface area contributed by atoms with Gasteiger partial charge in [-0.1, -0.05) is 29.8 Å². The number of halogens is 1. The molecule has 3 aromatic rings. The molecule has 3 N–H and O–H groups in total. The molecule has 5 nitrogen and oxygen atoms in total. The molecule has 30 heavy (non-hydrogen) atoms. The normalized spacial score (nSPS) is 10.3. The summed E-state index contributed by atoms with van der Waals surface area (Å²) in [4.78, 5) is 12.4. The molecule has 0 saturated carbocycles. The Balaban J connectivity index is 1.63. The minimum absolute atomic E-state index is 0.144. The van der Waals surface area contributed by atoms with Crippen molar-refractivity contribution in [1.82, 2.24) is 0 Å². The van der Waals surface area contributed by atoms with Crippen molar-refractivity contribution < 1.29 is 9.53 Å².